The minimum Gasteiger partial charge on any atom is -0.466 e. The summed E-state index contributed by atoms with van der Waals surface area (Å²) >= 11 is 2.78. The van der Waals surface area contributed by atoms with E-state index in [1.165, 1.54) is 30.0 Å². The molecule has 0 unspecified atom stereocenters. The van der Waals surface area contributed by atoms with Crippen LogP contribution in [0, 0.1) is 0 Å². The molecular formula is C19H22N2O4S2. The minimum absolute atomic E-state index is 0.0237. The smallest absolute Gasteiger partial charge is 0.311 e. The maximum atomic E-state index is 12.3. The fourth-order valence-corrected chi connectivity index (χ4v) is 3.99. The van der Waals surface area contributed by atoms with E-state index < -0.39 is 0 Å². The monoisotopic (exact) mass is 406 g/mol. The lowest BCUT2D eigenvalue weighted by Crippen LogP contribution is -2.22. The number of nitrogens with zero attached hydrogens (tertiary/aromatic N) is 1. The summed E-state index contributed by atoms with van der Waals surface area (Å²) in [5.74, 6) is -0.0339. The second-order valence-corrected chi connectivity index (χ2v) is 7.81. The number of carbonyl (C=O) groups excluding carboxylic acids is 3. The van der Waals surface area contributed by atoms with Crippen LogP contribution in [0.25, 0.3) is 0 Å². The van der Waals surface area contributed by atoms with Crippen molar-refractivity contribution in [2.45, 2.75) is 31.0 Å². The number of benzene rings is 1. The molecule has 0 aliphatic heterocycles. The SMILES string of the molecule is CCOC(=O)Cc1csc(SCC(=O)c2ccc(CCNC(C)=O)cc2)n1. The fraction of sp³-hybridized carbons (Fsp3) is 0.368. The van der Waals surface area contributed by atoms with Crippen LogP contribution in [-0.4, -0.2) is 41.5 Å². The van der Waals surface area contributed by atoms with Crippen molar-refractivity contribution >= 4 is 40.8 Å². The Labute approximate surface area is 166 Å². The van der Waals surface area contributed by atoms with Crippen LogP contribution < -0.4 is 5.32 Å². The molecular weight excluding hydrogens is 384 g/mol. The molecule has 144 valence electrons. The first-order valence-electron chi connectivity index (χ1n) is 8.57. The zero-order valence-corrected chi connectivity index (χ0v) is 17.0. The average Bonchev–Trinajstić information content (AvgIpc) is 3.07. The van der Waals surface area contributed by atoms with Crippen molar-refractivity contribution in [3.63, 3.8) is 0 Å². The second-order valence-electron chi connectivity index (χ2n) is 5.73. The van der Waals surface area contributed by atoms with Crippen LogP contribution >= 0.6 is 23.1 Å². The van der Waals surface area contributed by atoms with Crippen LogP contribution in [0.1, 0.15) is 35.5 Å². The lowest BCUT2D eigenvalue weighted by atomic mass is 10.1. The van der Waals surface area contributed by atoms with Gasteiger partial charge in [0.2, 0.25) is 5.91 Å². The maximum absolute atomic E-state index is 12.3. The number of thiazole rings is 1. The van der Waals surface area contributed by atoms with E-state index in [1.807, 2.05) is 17.5 Å². The van der Waals surface area contributed by atoms with Gasteiger partial charge in [0.15, 0.2) is 10.1 Å². The summed E-state index contributed by atoms with van der Waals surface area (Å²) in [7, 11) is 0. The predicted molar refractivity (Wildman–Crippen MR) is 106 cm³/mol. The Kier molecular flexibility index (Phi) is 8.47. The van der Waals surface area contributed by atoms with E-state index in [1.54, 1.807) is 19.1 Å². The first kappa shape index (κ1) is 21.1. The second kappa shape index (κ2) is 10.8. The lowest BCUT2D eigenvalue weighted by Gasteiger charge is -2.04. The van der Waals surface area contributed by atoms with E-state index in [9.17, 15) is 14.4 Å². The quantitative estimate of drug-likeness (QED) is 0.371. The first-order chi connectivity index (χ1) is 13.0. The van der Waals surface area contributed by atoms with Gasteiger partial charge in [0.05, 0.1) is 24.5 Å². The van der Waals surface area contributed by atoms with Crippen LogP contribution in [0.2, 0.25) is 0 Å². The lowest BCUT2D eigenvalue weighted by molar-refractivity contribution is -0.142. The van der Waals surface area contributed by atoms with Crippen molar-refractivity contribution in [3.05, 3.63) is 46.5 Å². The van der Waals surface area contributed by atoms with Crippen LogP contribution in [0.15, 0.2) is 34.0 Å². The molecule has 1 heterocycles. The van der Waals surface area contributed by atoms with Crippen molar-refractivity contribution in [3.8, 4) is 0 Å². The number of thioether (sulfide) groups is 1. The molecule has 1 aromatic carbocycles. The van der Waals surface area contributed by atoms with E-state index in [0.717, 1.165) is 16.3 Å². The van der Waals surface area contributed by atoms with Crippen molar-refractivity contribution < 1.29 is 19.1 Å². The highest BCUT2D eigenvalue weighted by atomic mass is 32.2. The highest BCUT2D eigenvalue weighted by Crippen LogP contribution is 2.24. The van der Waals surface area contributed by atoms with Gasteiger partial charge in [-0.05, 0) is 18.9 Å². The molecule has 8 heteroatoms. The largest absolute Gasteiger partial charge is 0.466 e. The number of amides is 1. The molecule has 6 nitrogen and oxygen atoms in total. The number of esters is 1. The van der Waals surface area contributed by atoms with Crippen molar-refractivity contribution in [1.82, 2.24) is 10.3 Å². The summed E-state index contributed by atoms with van der Waals surface area (Å²) in [5.41, 5.74) is 2.38. The molecule has 1 aromatic heterocycles. The molecule has 0 saturated heterocycles. The summed E-state index contributed by atoms with van der Waals surface area (Å²) in [6.45, 7) is 4.19. The van der Waals surface area contributed by atoms with Gasteiger partial charge in [-0.15, -0.1) is 11.3 Å². The van der Waals surface area contributed by atoms with Gasteiger partial charge in [0, 0.05) is 24.4 Å². The van der Waals surface area contributed by atoms with E-state index in [4.69, 9.17) is 4.74 Å². The molecule has 0 spiro atoms. The molecule has 1 N–H and O–H groups in total. The normalized spacial score (nSPS) is 10.4. The fourth-order valence-electron chi connectivity index (χ4n) is 2.25. The molecule has 2 aromatic rings. The van der Waals surface area contributed by atoms with Crippen molar-refractivity contribution in [2.24, 2.45) is 0 Å². The number of Topliss-reactive ketones (excluding diaryl/α,β-unsaturated/α-hetero) is 1. The predicted octanol–water partition coefficient (Wildman–Crippen LogP) is 2.90. The number of hydrogen-bond acceptors (Lipinski definition) is 7. The summed E-state index contributed by atoms with van der Waals surface area (Å²) in [6.07, 6.45) is 0.879. The zero-order valence-electron chi connectivity index (χ0n) is 15.3. The van der Waals surface area contributed by atoms with Gasteiger partial charge in [-0.3, -0.25) is 14.4 Å². The van der Waals surface area contributed by atoms with E-state index in [2.05, 4.69) is 10.3 Å². The zero-order chi connectivity index (χ0) is 19.6. The molecule has 0 aliphatic rings. The van der Waals surface area contributed by atoms with Gasteiger partial charge >= 0.3 is 5.97 Å². The first-order valence-corrected chi connectivity index (χ1v) is 10.4. The number of aromatic nitrogens is 1. The third-order valence-electron chi connectivity index (χ3n) is 3.55. The molecule has 27 heavy (non-hydrogen) atoms. The van der Waals surface area contributed by atoms with Gasteiger partial charge in [0.1, 0.15) is 0 Å². The van der Waals surface area contributed by atoms with Gasteiger partial charge in [-0.2, -0.15) is 0 Å². The summed E-state index contributed by atoms with van der Waals surface area (Å²) < 4.78 is 5.66. The Morgan fingerprint density at radius 2 is 1.96 bits per heavy atom. The van der Waals surface area contributed by atoms with E-state index in [0.29, 0.717) is 24.4 Å². The molecule has 0 radical (unpaired) electrons. The van der Waals surface area contributed by atoms with Gasteiger partial charge < -0.3 is 10.1 Å². The molecule has 0 saturated carbocycles. The average molecular weight is 407 g/mol. The molecule has 2 rings (SSSR count). The molecule has 0 fully saturated rings. The Hall–Kier alpha value is -2.19. The molecule has 0 bridgehead atoms. The van der Waals surface area contributed by atoms with Crippen LogP contribution in [0.4, 0.5) is 0 Å². The maximum Gasteiger partial charge on any atom is 0.311 e. The number of ketones is 1. The Bertz CT molecular complexity index is 787. The number of rotatable bonds is 10. The highest BCUT2D eigenvalue weighted by Gasteiger charge is 2.11. The van der Waals surface area contributed by atoms with Gasteiger partial charge in [-0.25, -0.2) is 4.98 Å². The third-order valence-corrected chi connectivity index (χ3v) is 5.62. The number of ether oxygens (including phenoxy) is 1. The van der Waals surface area contributed by atoms with Crippen molar-refractivity contribution in [2.75, 3.05) is 18.9 Å². The number of carbonyl (C=O) groups is 3. The van der Waals surface area contributed by atoms with Crippen molar-refractivity contribution in [1.29, 1.82) is 0 Å². The van der Waals surface area contributed by atoms with Gasteiger partial charge in [-0.1, -0.05) is 36.0 Å². The highest BCUT2D eigenvalue weighted by molar-refractivity contribution is 8.01. The molecule has 0 aliphatic carbocycles. The number of hydrogen-bond donors (Lipinski definition) is 1. The Morgan fingerprint density at radius 3 is 2.63 bits per heavy atom. The third kappa shape index (κ3) is 7.52. The molecule has 1 amide bonds. The van der Waals surface area contributed by atoms with Gasteiger partial charge in [0.25, 0.3) is 0 Å². The standard InChI is InChI=1S/C19H22N2O4S2/c1-3-25-18(24)10-16-11-26-19(21-16)27-12-17(23)15-6-4-14(5-7-15)8-9-20-13(2)22/h4-7,11H,3,8-10,12H2,1-2H3,(H,20,22). The number of nitrogens with one attached hydrogen (secondary N) is 1. The van der Waals surface area contributed by atoms with Crippen LogP contribution in [-0.2, 0) is 27.2 Å². The molecule has 0 atom stereocenters. The summed E-state index contributed by atoms with van der Waals surface area (Å²) in [4.78, 5) is 39.0. The minimum atomic E-state index is -0.297. The summed E-state index contributed by atoms with van der Waals surface area (Å²) in [5, 5.41) is 4.56. The van der Waals surface area contributed by atoms with Crippen LogP contribution in [0.3, 0.4) is 0 Å². The Balaban J connectivity index is 1.80. The van der Waals surface area contributed by atoms with Crippen LogP contribution in [0.5, 0.6) is 0 Å². The topological polar surface area (TPSA) is 85.4 Å². The Morgan fingerprint density at radius 1 is 1.22 bits per heavy atom. The van der Waals surface area contributed by atoms with E-state index >= 15 is 0 Å². The summed E-state index contributed by atoms with van der Waals surface area (Å²) in [6, 6.07) is 7.42. The van der Waals surface area contributed by atoms with E-state index in [-0.39, 0.29) is 29.8 Å².